The van der Waals surface area contributed by atoms with Gasteiger partial charge in [0.05, 0.1) is 72.7 Å². The molecule has 0 aliphatic carbocycles. The Balaban J connectivity index is 0.000000106. The first-order chi connectivity index (χ1) is 55.0. The SMILES string of the molecule is c1ccc2c(Nc3ccc4c(c3)c3ccccc3n4-c3ccc(C4OCCO4)cc3)cccc2c1.c1ccc2c(c1)oc1ccc(Nc3ccc4c(c3)c3ccccc3n4-c3ccc(C4OCCO4)cc3)cc12.c1ccc2c(c1)sc1ccc(Nc3ccc4c(c3)c3ccccc3n4-c3ccc(C4OCCO4)cc3)cc12. The Hall–Kier alpha value is -12.9. The molecule has 3 N–H and O–H groups in total. The second-order valence-corrected chi connectivity index (χ2v) is 29.4. The summed E-state index contributed by atoms with van der Waals surface area (Å²) in [4.78, 5) is 0. The van der Waals surface area contributed by atoms with E-state index in [1.807, 2.05) is 35.6 Å². The summed E-state index contributed by atoms with van der Waals surface area (Å²) in [5.74, 6) is 0. The van der Waals surface area contributed by atoms with Crippen LogP contribution in [0.25, 0.3) is 135 Å². The highest BCUT2D eigenvalue weighted by atomic mass is 32.1. The smallest absolute Gasteiger partial charge is 0.184 e. The quantitative estimate of drug-likeness (QED) is 0.109. The summed E-state index contributed by atoms with van der Waals surface area (Å²) in [6, 6.07) is 116. The van der Waals surface area contributed by atoms with Gasteiger partial charge in [-0.3, -0.25) is 0 Å². The topological polar surface area (TPSA) is 119 Å². The van der Waals surface area contributed by atoms with Crippen molar-refractivity contribution in [3.63, 3.8) is 0 Å². The monoisotopic (exact) mass is 1460 g/mol. The maximum atomic E-state index is 6.00. The third-order valence-corrected chi connectivity index (χ3v) is 22.7. The van der Waals surface area contributed by atoms with E-state index < -0.39 is 0 Å². The average molecular weight is 1470 g/mol. The number of para-hydroxylation sites is 4. The Bertz CT molecular complexity index is 6630. The molecule has 3 fully saturated rings. The highest BCUT2D eigenvalue weighted by Crippen LogP contribution is 2.42. The highest BCUT2D eigenvalue weighted by Gasteiger charge is 2.24. The fraction of sp³-hybridized carbons (Fsp3) is 0.0928. The number of nitrogens with one attached hydrogen (secondary N) is 3. The van der Waals surface area contributed by atoms with Crippen LogP contribution in [0.5, 0.6) is 0 Å². The van der Waals surface area contributed by atoms with E-state index in [-0.39, 0.29) is 18.9 Å². The van der Waals surface area contributed by atoms with E-state index in [9.17, 15) is 0 Å². The summed E-state index contributed by atoms with van der Waals surface area (Å²) in [5.41, 5.74) is 21.8. The largest absolute Gasteiger partial charge is 0.456 e. The summed E-state index contributed by atoms with van der Waals surface area (Å²) in [6.45, 7) is 3.87. The third-order valence-electron chi connectivity index (χ3n) is 21.6. The minimum absolute atomic E-state index is 0.259. The molecule has 0 spiro atoms. The van der Waals surface area contributed by atoms with Gasteiger partial charge in [-0.05, 0) is 169 Å². The molecular formula is C97H72N6O7S. The molecular weight excluding hydrogens is 1390 g/mol. The number of hydrogen-bond donors (Lipinski definition) is 3. The van der Waals surface area contributed by atoms with E-state index in [0.29, 0.717) is 39.6 Å². The summed E-state index contributed by atoms with van der Waals surface area (Å²) >= 11 is 1.84. The molecule has 111 heavy (non-hydrogen) atoms. The van der Waals surface area contributed by atoms with Crippen molar-refractivity contribution in [3.8, 4) is 17.1 Å². The molecule has 3 aliphatic rings. The fourth-order valence-electron chi connectivity index (χ4n) is 16.4. The molecule has 0 radical (unpaired) electrons. The van der Waals surface area contributed by atoms with Gasteiger partial charge in [-0.15, -0.1) is 11.3 Å². The van der Waals surface area contributed by atoms with Gasteiger partial charge >= 0.3 is 0 Å². The molecule has 8 heterocycles. The van der Waals surface area contributed by atoms with Crippen LogP contribution in [-0.4, -0.2) is 53.3 Å². The van der Waals surface area contributed by atoms with Crippen molar-refractivity contribution in [2.24, 2.45) is 0 Å². The van der Waals surface area contributed by atoms with Crippen LogP contribution >= 0.6 is 11.3 Å². The molecule has 5 aromatic heterocycles. The number of thiophene rings is 1. The van der Waals surface area contributed by atoms with Crippen molar-refractivity contribution in [1.82, 2.24) is 13.7 Å². The summed E-state index contributed by atoms with van der Waals surface area (Å²) < 4.78 is 49.6. The minimum atomic E-state index is -0.268. The normalized spacial score (nSPS) is 14.3. The molecule has 14 heteroatoms. The van der Waals surface area contributed by atoms with E-state index >= 15 is 0 Å². The van der Waals surface area contributed by atoms with Crippen molar-refractivity contribution in [3.05, 3.63) is 344 Å². The Labute approximate surface area is 642 Å². The van der Waals surface area contributed by atoms with Crippen LogP contribution in [0, 0.1) is 0 Å². The van der Waals surface area contributed by atoms with Crippen LogP contribution in [0.3, 0.4) is 0 Å². The van der Waals surface area contributed by atoms with Crippen molar-refractivity contribution < 1.29 is 32.8 Å². The predicted octanol–water partition coefficient (Wildman–Crippen LogP) is 25.1. The number of aromatic nitrogens is 3. The molecule has 0 saturated carbocycles. The number of benzene rings is 15. The lowest BCUT2D eigenvalue weighted by molar-refractivity contribution is -0.0443. The van der Waals surface area contributed by atoms with E-state index in [4.69, 9.17) is 32.8 Å². The second kappa shape index (κ2) is 28.3. The van der Waals surface area contributed by atoms with Crippen LogP contribution in [0.15, 0.2) is 332 Å². The minimum Gasteiger partial charge on any atom is -0.456 e. The van der Waals surface area contributed by atoms with Crippen LogP contribution in [0.4, 0.5) is 34.1 Å². The van der Waals surface area contributed by atoms with Gasteiger partial charge in [-0.2, -0.15) is 0 Å². The zero-order valence-corrected chi connectivity index (χ0v) is 61.1. The van der Waals surface area contributed by atoms with Crippen molar-refractivity contribution in [1.29, 1.82) is 0 Å². The van der Waals surface area contributed by atoms with Gasteiger partial charge in [-0.25, -0.2) is 0 Å². The lowest BCUT2D eigenvalue weighted by atomic mass is 10.1. The molecule has 0 amide bonds. The number of furan rings is 1. The Morgan fingerprint density at radius 2 is 0.586 bits per heavy atom. The number of hydrogen-bond acceptors (Lipinski definition) is 11. The number of fused-ring (bicyclic) bond motifs is 16. The van der Waals surface area contributed by atoms with Crippen LogP contribution in [-0.2, 0) is 28.4 Å². The highest BCUT2D eigenvalue weighted by molar-refractivity contribution is 7.25. The van der Waals surface area contributed by atoms with Crippen molar-refractivity contribution >= 4 is 164 Å². The average Bonchev–Trinajstić information content (AvgIpc) is 1.61. The molecule has 23 rings (SSSR count). The Morgan fingerprint density at radius 3 is 1.07 bits per heavy atom. The van der Waals surface area contributed by atoms with Gasteiger partial charge in [0.25, 0.3) is 0 Å². The van der Waals surface area contributed by atoms with E-state index in [1.165, 1.54) is 90.8 Å². The predicted molar refractivity (Wildman–Crippen MR) is 453 cm³/mol. The standard InChI is InChI=1S/C33H24N2O3.C33H24N2O2S.C31H24N2O2/c2*1-3-7-29-25(5-1)27-19-22(34-23-12-16-32-28(20-23)26-6-2-4-8-31(26)38-32)11-15-30(27)35(29)24-13-9-21(10-14-24)33-36-17-18-37-33;1-2-8-25-21(6-1)7-5-10-28(25)32-23-14-17-30-27(20-23)26-9-3-4-11-29(26)33(30)24-15-12-22(13-16-24)31-34-18-19-35-31/h2*1-16,19-20,33-34H,17-18H2;1-17,20,31-32H,18-19H2. The van der Waals surface area contributed by atoms with E-state index in [0.717, 1.165) is 95.3 Å². The lowest BCUT2D eigenvalue weighted by Crippen LogP contribution is -1.99. The number of anilines is 6. The molecule has 3 saturated heterocycles. The molecule has 0 bridgehead atoms. The number of nitrogens with zero attached hydrogens (tertiary/aromatic N) is 3. The van der Waals surface area contributed by atoms with Gasteiger partial charge in [0, 0.05) is 137 Å². The van der Waals surface area contributed by atoms with E-state index in [1.54, 1.807) is 0 Å². The molecule has 15 aromatic carbocycles. The third kappa shape index (κ3) is 12.3. The Morgan fingerprint density at radius 1 is 0.243 bits per heavy atom. The maximum absolute atomic E-state index is 6.00. The summed E-state index contributed by atoms with van der Waals surface area (Å²) in [6.07, 6.45) is -0.790. The summed E-state index contributed by atoms with van der Waals surface area (Å²) in [7, 11) is 0. The zero-order valence-electron chi connectivity index (χ0n) is 60.3. The van der Waals surface area contributed by atoms with Gasteiger partial charge in [-0.1, -0.05) is 164 Å². The van der Waals surface area contributed by atoms with Gasteiger partial charge in [0.1, 0.15) is 11.2 Å². The van der Waals surface area contributed by atoms with Crippen LogP contribution in [0.1, 0.15) is 35.6 Å². The second-order valence-electron chi connectivity index (χ2n) is 28.3. The molecule has 0 atom stereocenters. The van der Waals surface area contributed by atoms with Gasteiger partial charge in [0.2, 0.25) is 0 Å². The summed E-state index contributed by atoms with van der Waals surface area (Å²) in [5, 5.41) is 25.5. The first kappa shape index (κ1) is 66.4. The lowest BCUT2D eigenvalue weighted by Gasteiger charge is -2.13. The molecule has 538 valence electrons. The Kier molecular flexibility index (Phi) is 16.9. The molecule has 20 aromatic rings. The molecule has 3 aliphatic heterocycles. The van der Waals surface area contributed by atoms with Gasteiger partial charge in [0.15, 0.2) is 18.9 Å². The molecule has 13 nitrogen and oxygen atoms in total. The van der Waals surface area contributed by atoms with Gasteiger partial charge < -0.3 is 62.5 Å². The maximum Gasteiger partial charge on any atom is 0.184 e. The number of ether oxygens (including phenoxy) is 6. The molecule has 0 unspecified atom stereocenters. The van der Waals surface area contributed by atoms with E-state index in [2.05, 4.69) is 333 Å². The van der Waals surface area contributed by atoms with Crippen LogP contribution in [0.2, 0.25) is 0 Å². The first-order valence-electron chi connectivity index (χ1n) is 37.7. The van der Waals surface area contributed by atoms with Crippen LogP contribution < -0.4 is 16.0 Å². The first-order valence-corrected chi connectivity index (χ1v) is 38.5. The number of rotatable bonds is 12. The van der Waals surface area contributed by atoms with Crippen molar-refractivity contribution in [2.75, 3.05) is 55.6 Å². The zero-order chi connectivity index (χ0) is 73.3. The fourth-order valence-corrected chi connectivity index (χ4v) is 17.5. The van der Waals surface area contributed by atoms with Crippen molar-refractivity contribution in [2.45, 2.75) is 18.9 Å².